The first-order valence-electron chi connectivity index (χ1n) is 9.53. The van der Waals surface area contributed by atoms with Crippen molar-refractivity contribution in [1.29, 1.82) is 0 Å². The van der Waals surface area contributed by atoms with Crippen LogP contribution >= 0.6 is 0 Å². The fourth-order valence-corrected chi connectivity index (χ4v) is 3.72. The number of hydrogen-bond acceptors (Lipinski definition) is 4. The van der Waals surface area contributed by atoms with E-state index >= 15 is 0 Å². The van der Waals surface area contributed by atoms with Gasteiger partial charge in [-0.05, 0) is 63.7 Å². The highest BCUT2D eigenvalue weighted by atomic mass is 16.5. The van der Waals surface area contributed by atoms with Crippen LogP contribution in [0, 0.1) is 5.92 Å². The number of carbonyl (C=O) groups is 1. The van der Waals surface area contributed by atoms with Crippen molar-refractivity contribution < 1.29 is 14.3 Å². The molecule has 0 spiro atoms. The minimum absolute atomic E-state index is 0.0317. The molecule has 0 aromatic heterocycles. The number of benzene rings is 1. The summed E-state index contributed by atoms with van der Waals surface area (Å²) in [6.45, 7) is 6.64. The largest absolute Gasteiger partial charge is 0.481 e. The fraction of sp³-hybridized carbons (Fsp3) is 0.650. The molecule has 1 amide bonds. The van der Waals surface area contributed by atoms with Crippen molar-refractivity contribution in [2.24, 2.45) is 5.92 Å². The van der Waals surface area contributed by atoms with Crippen LogP contribution in [0.25, 0.3) is 0 Å². The Morgan fingerprint density at radius 3 is 2.56 bits per heavy atom. The second-order valence-electron chi connectivity index (χ2n) is 7.14. The zero-order valence-electron chi connectivity index (χ0n) is 15.2. The number of likely N-dealkylation sites (tertiary alicyclic amines) is 1. The van der Waals surface area contributed by atoms with Crippen molar-refractivity contribution in [2.75, 3.05) is 32.8 Å². The van der Waals surface area contributed by atoms with Crippen LogP contribution in [0.15, 0.2) is 30.3 Å². The molecule has 0 radical (unpaired) electrons. The highest BCUT2D eigenvalue weighted by Crippen LogP contribution is 2.22. The third-order valence-corrected chi connectivity index (χ3v) is 5.35. The third kappa shape index (κ3) is 5.44. The SMILES string of the molecule is CC(Oc1ccccc1)C(=O)NCC1CCN(C2CCOCC2)CC1. The summed E-state index contributed by atoms with van der Waals surface area (Å²) < 4.78 is 11.1. The lowest BCUT2D eigenvalue weighted by Crippen LogP contribution is -2.46. The first kappa shape index (κ1) is 18.2. The molecule has 0 saturated carbocycles. The van der Waals surface area contributed by atoms with Crippen LogP contribution in [0.4, 0.5) is 0 Å². The zero-order chi connectivity index (χ0) is 17.5. The molecule has 1 atom stereocenters. The lowest BCUT2D eigenvalue weighted by molar-refractivity contribution is -0.127. The van der Waals surface area contributed by atoms with Gasteiger partial charge < -0.3 is 19.7 Å². The first-order valence-corrected chi connectivity index (χ1v) is 9.53. The van der Waals surface area contributed by atoms with E-state index in [0.29, 0.717) is 12.0 Å². The summed E-state index contributed by atoms with van der Waals surface area (Å²) in [5.41, 5.74) is 0. The van der Waals surface area contributed by atoms with Crippen molar-refractivity contribution in [3.63, 3.8) is 0 Å². The molecule has 25 heavy (non-hydrogen) atoms. The highest BCUT2D eigenvalue weighted by molar-refractivity contribution is 5.80. The van der Waals surface area contributed by atoms with Gasteiger partial charge in [0.1, 0.15) is 5.75 Å². The van der Waals surface area contributed by atoms with Gasteiger partial charge >= 0.3 is 0 Å². The Kier molecular flexibility index (Phi) is 6.70. The van der Waals surface area contributed by atoms with E-state index in [-0.39, 0.29) is 5.91 Å². The number of para-hydroxylation sites is 1. The van der Waals surface area contributed by atoms with Crippen molar-refractivity contribution in [2.45, 2.75) is 44.8 Å². The summed E-state index contributed by atoms with van der Waals surface area (Å²) in [5, 5.41) is 3.06. The molecule has 2 fully saturated rings. The number of piperidine rings is 1. The van der Waals surface area contributed by atoms with E-state index < -0.39 is 6.10 Å². The van der Waals surface area contributed by atoms with Gasteiger partial charge in [0, 0.05) is 25.8 Å². The molecular formula is C20H30N2O3. The number of carbonyl (C=O) groups excluding carboxylic acids is 1. The monoisotopic (exact) mass is 346 g/mol. The number of nitrogens with one attached hydrogen (secondary N) is 1. The molecule has 1 N–H and O–H groups in total. The predicted octanol–water partition coefficient (Wildman–Crippen LogP) is 2.46. The van der Waals surface area contributed by atoms with E-state index in [2.05, 4.69) is 10.2 Å². The molecule has 5 heteroatoms. The molecule has 1 aromatic carbocycles. The molecule has 3 rings (SSSR count). The molecule has 2 aliphatic heterocycles. The van der Waals surface area contributed by atoms with Gasteiger partial charge in [-0.2, -0.15) is 0 Å². The quantitative estimate of drug-likeness (QED) is 0.860. The molecule has 0 aliphatic carbocycles. The van der Waals surface area contributed by atoms with Crippen LogP contribution < -0.4 is 10.1 Å². The van der Waals surface area contributed by atoms with E-state index in [0.717, 1.165) is 64.3 Å². The van der Waals surface area contributed by atoms with E-state index in [9.17, 15) is 4.79 Å². The molecule has 1 aromatic rings. The van der Waals surface area contributed by atoms with E-state index in [4.69, 9.17) is 9.47 Å². The Labute approximate surface area is 150 Å². The summed E-state index contributed by atoms with van der Waals surface area (Å²) in [6, 6.07) is 10.2. The number of nitrogens with zero attached hydrogens (tertiary/aromatic N) is 1. The van der Waals surface area contributed by atoms with Crippen LogP contribution in [-0.2, 0) is 9.53 Å². The van der Waals surface area contributed by atoms with E-state index in [1.165, 1.54) is 0 Å². The van der Waals surface area contributed by atoms with Crippen LogP contribution in [-0.4, -0.2) is 55.8 Å². The minimum Gasteiger partial charge on any atom is -0.481 e. The smallest absolute Gasteiger partial charge is 0.260 e. The summed E-state index contributed by atoms with van der Waals surface area (Å²) in [5.74, 6) is 1.27. The molecule has 2 saturated heterocycles. The Bertz CT molecular complexity index is 523. The van der Waals surface area contributed by atoms with Gasteiger partial charge in [-0.1, -0.05) is 18.2 Å². The fourth-order valence-electron chi connectivity index (χ4n) is 3.72. The van der Waals surface area contributed by atoms with Gasteiger partial charge in [0.05, 0.1) is 0 Å². The number of amides is 1. The van der Waals surface area contributed by atoms with Crippen molar-refractivity contribution in [3.8, 4) is 5.75 Å². The van der Waals surface area contributed by atoms with Gasteiger partial charge in [0.15, 0.2) is 6.10 Å². The van der Waals surface area contributed by atoms with Gasteiger partial charge in [-0.3, -0.25) is 4.79 Å². The maximum atomic E-state index is 12.2. The minimum atomic E-state index is -0.468. The number of rotatable bonds is 6. The summed E-state index contributed by atoms with van der Waals surface area (Å²) >= 11 is 0. The molecule has 1 unspecified atom stereocenters. The summed E-state index contributed by atoms with van der Waals surface area (Å²) in [7, 11) is 0. The Hall–Kier alpha value is -1.59. The van der Waals surface area contributed by atoms with Crippen LogP contribution in [0.2, 0.25) is 0 Å². The molecule has 2 aliphatic rings. The average molecular weight is 346 g/mol. The van der Waals surface area contributed by atoms with Gasteiger partial charge in [0.25, 0.3) is 5.91 Å². The highest BCUT2D eigenvalue weighted by Gasteiger charge is 2.27. The van der Waals surface area contributed by atoms with Crippen molar-refractivity contribution in [1.82, 2.24) is 10.2 Å². The van der Waals surface area contributed by atoms with Crippen molar-refractivity contribution >= 4 is 5.91 Å². The Balaban J connectivity index is 1.35. The topological polar surface area (TPSA) is 50.8 Å². The lowest BCUT2D eigenvalue weighted by Gasteiger charge is -2.39. The van der Waals surface area contributed by atoms with Gasteiger partial charge in [-0.25, -0.2) is 0 Å². The standard InChI is InChI=1S/C20H30N2O3/c1-16(25-19-5-3-2-4-6-19)20(23)21-15-17-7-11-22(12-8-17)18-9-13-24-14-10-18/h2-6,16-18H,7-15H2,1H3,(H,21,23). The average Bonchev–Trinajstić information content (AvgIpc) is 2.68. The Morgan fingerprint density at radius 2 is 1.88 bits per heavy atom. The maximum Gasteiger partial charge on any atom is 0.260 e. The van der Waals surface area contributed by atoms with Gasteiger partial charge in [0.2, 0.25) is 0 Å². The van der Waals surface area contributed by atoms with Crippen LogP contribution in [0.3, 0.4) is 0 Å². The van der Waals surface area contributed by atoms with E-state index in [1.807, 2.05) is 30.3 Å². The lowest BCUT2D eigenvalue weighted by atomic mass is 9.94. The normalized spacial score (nSPS) is 21.6. The number of ether oxygens (including phenoxy) is 2. The molecular weight excluding hydrogens is 316 g/mol. The number of hydrogen-bond donors (Lipinski definition) is 1. The van der Waals surface area contributed by atoms with Crippen molar-refractivity contribution in [3.05, 3.63) is 30.3 Å². The van der Waals surface area contributed by atoms with Crippen LogP contribution in [0.5, 0.6) is 5.75 Å². The molecule has 2 heterocycles. The second-order valence-corrected chi connectivity index (χ2v) is 7.14. The van der Waals surface area contributed by atoms with Gasteiger partial charge in [-0.15, -0.1) is 0 Å². The maximum absolute atomic E-state index is 12.2. The van der Waals surface area contributed by atoms with Crippen LogP contribution in [0.1, 0.15) is 32.6 Å². The Morgan fingerprint density at radius 1 is 1.20 bits per heavy atom. The van der Waals surface area contributed by atoms with E-state index in [1.54, 1.807) is 6.92 Å². The molecule has 0 bridgehead atoms. The summed E-state index contributed by atoms with van der Waals surface area (Å²) in [4.78, 5) is 14.9. The first-order chi connectivity index (χ1) is 12.2. The second kappa shape index (κ2) is 9.20. The predicted molar refractivity (Wildman–Crippen MR) is 97.7 cm³/mol. The molecule has 5 nitrogen and oxygen atoms in total. The summed E-state index contributed by atoms with van der Waals surface area (Å²) in [6.07, 6.45) is 4.17. The molecule has 138 valence electrons. The third-order valence-electron chi connectivity index (χ3n) is 5.35. The zero-order valence-corrected chi connectivity index (χ0v) is 15.2.